The molecule has 0 radical (unpaired) electrons. The Morgan fingerprint density at radius 3 is 2.84 bits per heavy atom. The van der Waals surface area contributed by atoms with Gasteiger partial charge in [-0.25, -0.2) is 0 Å². The van der Waals surface area contributed by atoms with Crippen molar-refractivity contribution in [2.45, 2.75) is 82.6 Å². The topological polar surface area (TPSA) is 30.5 Å². The SMILES string of the molecule is CCNC(CCCC1CCCO1)C1CC2CCC1O2. The van der Waals surface area contributed by atoms with E-state index in [-0.39, 0.29) is 0 Å². The standard InChI is InChI=1S/C16H29NO2/c1-2-17-15(7-3-5-12-6-4-10-18-12)14-11-13-8-9-16(14)19-13/h12-17H,2-11H2,1H3. The fraction of sp³-hybridized carbons (Fsp3) is 1.00. The Morgan fingerprint density at radius 2 is 2.21 bits per heavy atom. The van der Waals surface area contributed by atoms with Gasteiger partial charge in [-0.15, -0.1) is 0 Å². The van der Waals surface area contributed by atoms with Crippen LogP contribution in [-0.4, -0.2) is 37.5 Å². The molecule has 19 heavy (non-hydrogen) atoms. The number of ether oxygens (including phenoxy) is 2. The zero-order valence-electron chi connectivity index (χ0n) is 12.3. The summed E-state index contributed by atoms with van der Waals surface area (Å²) in [4.78, 5) is 0. The Bertz CT molecular complexity index is 278. The zero-order valence-corrected chi connectivity index (χ0v) is 12.3. The van der Waals surface area contributed by atoms with E-state index >= 15 is 0 Å². The van der Waals surface area contributed by atoms with Crippen molar-refractivity contribution in [3.63, 3.8) is 0 Å². The first-order valence-corrected chi connectivity index (χ1v) is 8.37. The second kappa shape index (κ2) is 6.55. The first kappa shape index (κ1) is 13.8. The van der Waals surface area contributed by atoms with Crippen LogP contribution in [0, 0.1) is 5.92 Å². The molecule has 110 valence electrons. The number of hydrogen-bond acceptors (Lipinski definition) is 3. The summed E-state index contributed by atoms with van der Waals surface area (Å²) in [6.07, 6.45) is 12.0. The maximum Gasteiger partial charge on any atom is 0.0623 e. The normalized spacial score (nSPS) is 39.0. The summed E-state index contributed by atoms with van der Waals surface area (Å²) in [7, 11) is 0. The molecule has 3 saturated heterocycles. The van der Waals surface area contributed by atoms with Gasteiger partial charge >= 0.3 is 0 Å². The molecule has 1 N–H and O–H groups in total. The lowest BCUT2D eigenvalue weighted by molar-refractivity contribution is 0.0824. The first-order valence-electron chi connectivity index (χ1n) is 8.37. The van der Waals surface area contributed by atoms with Crippen LogP contribution in [0.5, 0.6) is 0 Å². The maximum absolute atomic E-state index is 6.03. The molecule has 3 rings (SSSR count). The quantitative estimate of drug-likeness (QED) is 0.769. The Labute approximate surface area is 117 Å². The molecule has 0 aliphatic carbocycles. The van der Waals surface area contributed by atoms with Gasteiger partial charge in [-0.1, -0.05) is 6.92 Å². The Kier molecular flexibility index (Phi) is 4.78. The van der Waals surface area contributed by atoms with Crippen molar-refractivity contribution in [3.05, 3.63) is 0 Å². The van der Waals surface area contributed by atoms with Crippen molar-refractivity contribution in [3.8, 4) is 0 Å². The van der Waals surface area contributed by atoms with E-state index in [1.807, 2.05) is 0 Å². The summed E-state index contributed by atoms with van der Waals surface area (Å²) in [6, 6.07) is 0.668. The Balaban J connectivity index is 1.44. The summed E-state index contributed by atoms with van der Waals surface area (Å²) in [5.74, 6) is 0.767. The lowest BCUT2D eigenvalue weighted by Crippen LogP contribution is -2.40. The fourth-order valence-corrected chi connectivity index (χ4v) is 4.27. The van der Waals surface area contributed by atoms with Gasteiger partial charge in [0.05, 0.1) is 18.3 Å². The van der Waals surface area contributed by atoms with Crippen LogP contribution in [0.2, 0.25) is 0 Å². The van der Waals surface area contributed by atoms with Gasteiger partial charge in [-0.05, 0) is 57.9 Å². The highest BCUT2D eigenvalue weighted by atomic mass is 16.5. The minimum absolute atomic E-state index is 0.553. The number of rotatable bonds is 7. The molecule has 0 spiro atoms. The summed E-state index contributed by atoms with van der Waals surface area (Å²) >= 11 is 0. The van der Waals surface area contributed by atoms with Crippen LogP contribution in [0.25, 0.3) is 0 Å². The summed E-state index contributed by atoms with van der Waals surface area (Å²) in [6.45, 7) is 4.29. The predicted octanol–water partition coefficient (Wildman–Crippen LogP) is 2.88. The summed E-state index contributed by atoms with van der Waals surface area (Å²) in [5, 5.41) is 3.71. The van der Waals surface area contributed by atoms with Crippen LogP contribution in [0.4, 0.5) is 0 Å². The largest absolute Gasteiger partial charge is 0.378 e. The lowest BCUT2D eigenvalue weighted by Gasteiger charge is -2.29. The third-order valence-corrected chi connectivity index (χ3v) is 5.20. The van der Waals surface area contributed by atoms with E-state index in [2.05, 4.69) is 12.2 Å². The highest BCUT2D eigenvalue weighted by Crippen LogP contribution is 2.41. The van der Waals surface area contributed by atoms with Gasteiger partial charge in [0.1, 0.15) is 0 Å². The second-order valence-corrected chi connectivity index (χ2v) is 6.50. The minimum Gasteiger partial charge on any atom is -0.378 e. The van der Waals surface area contributed by atoms with E-state index in [1.54, 1.807) is 0 Å². The molecular weight excluding hydrogens is 238 g/mol. The van der Waals surface area contributed by atoms with Gasteiger partial charge in [0.25, 0.3) is 0 Å². The average Bonchev–Trinajstić information content (AvgIpc) is 3.15. The Morgan fingerprint density at radius 1 is 1.26 bits per heavy atom. The molecule has 5 unspecified atom stereocenters. The van der Waals surface area contributed by atoms with E-state index in [4.69, 9.17) is 9.47 Å². The molecule has 3 nitrogen and oxygen atoms in total. The van der Waals surface area contributed by atoms with Gasteiger partial charge in [0.15, 0.2) is 0 Å². The molecule has 3 aliphatic heterocycles. The molecule has 3 fully saturated rings. The average molecular weight is 267 g/mol. The van der Waals surface area contributed by atoms with Crippen LogP contribution in [0.1, 0.15) is 58.3 Å². The Hall–Kier alpha value is -0.120. The second-order valence-electron chi connectivity index (χ2n) is 6.50. The third kappa shape index (κ3) is 3.32. The van der Waals surface area contributed by atoms with Crippen LogP contribution in [-0.2, 0) is 9.47 Å². The van der Waals surface area contributed by atoms with Crippen molar-refractivity contribution in [1.82, 2.24) is 5.32 Å². The van der Waals surface area contributed by atoms with Gasteiger partial charge < -0.3 is 14.8 Å². The number of nitrogens with one attached hydrogen (secondary N) is 1. The van der Waals surface area contributed by atoms with Crippen molar-refractivity contribution >= 4 is 0 Å². The van der Waals surface area contributed by atoms with E-state index < -0.39 is 0 Å². The third-order valence-electron chi connectivity index (χ3n) is 5.20. The highest BCUT2D eigenvalue weighted by molar-refractivity contribution is 4.95. The lowest BCUT2D eigenvalue weighted by atomic mass is 9.81. The fourth-order valence-electron chi connectivity index (χ4n) is 4.27. The van der Waals surface area contributed by atoms with E-state index in [9.17, 15) is 0 Å². The van der Waals surface area contributed by atoms with E-state index in [1.165, 1.54) is 51.4 Å². The van der Waals surface area contributed by atoms with Crippen molar-refractivity contribution < 1.29 is 9.47 Å². The van der Waals surface area contributed by atoms with E-state index in [0.717, 1.165) is 19.1 Å². The molecule has 0 saturated carbocycles. The van der Waals surface area contributed by atoms with Gasteiger partial charge in [0.2, 0.25) is 0 Å². The highest BCUT2D eigenvalue weighted by Gasteiger charge is 2.43. The molecule has 3 heterocycles. The van der Waals surface area contributed by atoms with Crippen molar-refractivity contribution in [1.29, 1.82) is 0 Å². The monoisotopic (exact) mass is 267 g/mol. The van der Waals surface area contributed by atoms with Crippen molar-refractivity contribution in [2.75, 3.05) is 13.2 Å². The molecule has 3 heteroatoms. The van der Waals surface area contributed by atoms with Crippen LogP contribution >= 0.6 is 0 Å². The van der Waals surface area contributed by atoms with Crippen LogP contribution in [0.15, 0.2) is 0 Å². The minimum atomic E-state index is 0.553. The van der Waals surface area contributed by atoms with Gasteiger partial charge in [-0.2, -0.15) is 0 Å². The van der Waals surface area contributed by atoms with E-state index in [0.29, 0.717) is 24.4 Å². The zero-order chi connectivity index (χ0) is 13.1. The van der Waals surface area contributed by atoms with Crippen LogP contribution in [0.3, 0.4) is 0 Å². The predicted molar refractivity (Wildman–Crippen MR) is 76.3 cm³/mol. The molecule has 0 amide bonds. The number of fused-ring (bicyclic) bond motifs is 2. The molecule has 0 aromatic rings. The molecule has 0 aromatic carbocycles. The summed E-state index contributed by atoms with van der Waals surface area (Å²) < 4.78 is 11.8. The molecular formula is C16H29NO2. The van der Waals surface area contributed by atoms with Gasteiger partial charge in [0, 0.05) is 18.6 Å². The maximum atomic E-state index is 6.03. The smallest absolute Gasteiger partial charge is 0.0623 e. The molecule has 0 aromatic heterocycles. The van der Waals surface area contributed by atoms with Crippen LogP contribution < -0.4 is 5.32 Å². The molecule has 5 atom stereocenters. The number of hydrogen-bond donors (Lipinski definition) is 1. The van der Waals surface area contributed by atoms with Gasteiger partial charge in [-0.3, -0.25) is 0 Å². The molecule has 3 aliphatic rings. The first-order chi connectivity index (χ1) is 9.36. The molecule has 2 bridgehead atoms. The summed E-state index contributed by atoms with van der Waals surface area (Å²) in [5.41, 5.74) is 0. The van der Waals surface area contributed by atoms with Crippen molar-refractivity contribution in [2.24, 2.45) is 5.92 Å².